The Morgan fingerprint density at radius 1 is 0.943 bits per heavy atom. The predicted molar refractivity (Wildman–Crippen MR) is 133 cm³/mol. The Bertz CT molecular complexity index is 1290. The van der Waals surface area contributed by atoms with Crippen LogP contribution in [-0.4, -0.2) is 40.1 Å². The van der Waals surface area contributed by atoms with Gasteiger partial charge < -0.3 is 0 Å². The van der Waals surface area contributed by atoms with E-state index >= 15 is 0 Å². The van der Waals surface area contributed by atoms with Crippen LogP contribution in [0, 0.1) is 35.5 Å². The van der Waals surface area contributed by atoms with Gasteiger partial charge in [0.25, 0.3) is 17.7 Å². The van der Waals surface area contributed by atoms with Crippen LogP contribution in [-0.2, 0) is 9.59 Å². The molecule has 1 aliphatic heterocycles. The Hall–Kier alpha value is -2.48. The Morgan fingerprint density at radius 3 is 2.11 bits per heavy atom. The van der Waals surface area contributed by atoms with Gasteiger partial charge in [-0.05, 0) is 60.4 Å². The van der Waals surface area contributed by atoms with Crippen molar-refractivity contribution in [3.05, 3.63) is 80.3 Å². The molecule has 3 fully saturated rings. The third kappa shape index (κ3) is 3.59. The van der Waals surface area contributed by atoms with Crippen LogP contribution in [0.15, 0.2) is 59.1 Å². The molecule has 2 saturated carbocycles. The molecule has 0 spiro atoms. The number of rotatable bonds is 5. The molecule has 2 aromatic rings. The highest BCUT2D eigenvalue weighted by molar-refractivity contribution is 9.10. The molecule has 0 unspecified atom stereocenters. The van der Waals surface area contributed by atoms with Gasteiger partial charge in [0.2, 0.25) is 0 Å². The van der Waals surface area contributed by atoms with Crippen molar-refractivity contribution in [1.29, 1.82) is 0 Å². The van der Waals surface area contributed by atoms with Crippen LogP contribution in [0.25, 0.3) is 0 Å². The third-order valence-corrected chi connectivity index (χ3v) is 8.81. The van der Waals surface area contributed by atoms with Gasteiger partial charge in [-0.3, -0.25) is 19.2 Å². The fourth-order valence-electron chi connectivity index (χ4n) is 6.08. The minimum atomic E-state index is -0.706. The molecule has 1 saturated heterocycles. The number of amides is 3. The molecular weight excluding hydrogens is 555 g/mol. The van der Waals surface area contributed by atoms with Gasteiger partial charge in [-0.1, -0.05) is 63.4 Å². The quantitative estimate of drug-likeness (QED) is 0.285. The van der Waals surface area contributed by atoms with Gasteiger partial charge in [0, 0.05) is 15.1 Å². The molecular formula is C26H19BrCl2N2O4. The Balaban J connectivity index is 1.38. The minimum Gasteiger partial charge on any atom is -0.292 e. The van der Waals surface area contributed by atoms with E-state index in [4.69, 9.17) is 23.2 Å². The molecule has 7 rings (SSSR count). The summed E-state index contributed by atoms with van der Waals surface area (Å²) in [7, 11) is 0. The van der Waals surface area contributed by atoms with Crippen molar-refractivity contribution in [2.24, 2.45) is 35.5 Å². The SMILES string of the molecule is O=C(CN(C(=O)c1ccc(Cl)cc1Cl)N1C(=O)[C@@H]2[C@H]3C=C[C@@H]([C@@H]4C[C@H]34)[C@H]2C1=O)c1ccc(Br)cc1. The number of hydrazine groups is 1. The van der Waals surface area contributed by atoms with Gasteiger partial charge in [0.15, 0.2) is 5.78 Å². The van der Waals surface area contributed by atoms with Crippen LogP contribution in [0.5, 0.6) is 0 Å². The highest BCUT2D eigenvalue weighted by Gasteiger charge is 2.68. The smallest absolute Gasteiger partial charge is 0.274 e. The fraction of sp³-hybridized carbons (Fsp3) is 0.308. The highest BCUT2D eigenvalue weighted by Crippen LogP contribution is 2.65. The van der Waals surface area contributed by atoms with Gasteiger partial charge in [0.1, 0.15) is 6.54 Å². The zero-order valence-corrected chi connectivity index (χ0v) is 21.3. The number of carbonyl (C=O) groups excluding carboxylic acids is 4. The molecule has 9 heteroatoms. The third-order valence-electron chi connectivity index (χ3n) is 7.74. The summed E-state index contributed by atoms with van der Waals surface area (Å²) in [5.41, 5.74) is 0.409. The van der Waals surface area contributed by atoms with E-state index in [1.54, 1.807) is 24.3 Å². The zero-order valence-electron chi connectivity index (χ0n) is 18.2. The number of hydrogen-bond acceptors (Lipinski definition) is 4. The van der Waals surface area contributed by atoms with E-state index in [1.807, 2.05) is 0 Å². The van der Waals surface area contributed by atoms with E-state index in [1.165, 1.54) is 18.2 Å². The van der Waals surface area contributed by atoms with E-state index < -0.39 is 41.9 Å². The van der Waals surface area contributed by atoms with Gasteiger partial charge >= 0.3 is 0 Å². The number of benzene rings is 2. The summed E-state index contributed by atoms with van der Waals surface area (Å²) in [6.07, 6.45) is 5.15. The topological polar surface area (TPSA) is 74.8 Å². The van der Waals surface area contributed by atoms with Crippen molar-refractivity contribution < 1.29 is 19.2 Å². The first-order valence-electron chi connectivity index (χ1n) is 11.4. The van der Waals surface area contributed by atoms with Gasteiger partial charge in [0.05, 0.1) is 22.4 Å². The lowest BCUT2D eigenvalue weighted by Crippen LogP contribution is -2.52. The lowest BCUT2D eigenvalue weighted by atomic mass is 9.63. The Labute approximate surface area is 219 Å². The molecule has 0 aromatic heterocycles. The number of Topliss-reactive ketones (excluding diaryl/α,β-unsaturated/α-hetero) is 1. The summed E-state index contributed by atoms with van der Waals surface area (Å²) in [6.45, 7) is -0.480. The summed E-state index contributed by atoms with van der Waals surface area (Å²) in [5, 5.41) is 2.29. The first kappa shape index (κ1) is 23.0. The lowest BCUT2D eigenvalue weighted by Gasteiger charge is -2.37. The molecule has 0 N–H and O–H groups in total. The molecule has 178 valence electrons. The van der Waals surface area contributed by atoms with E-state index in [9.17, 15) is 19.2 Å². The average Bonchev–Trinajstić information content (AvgIpc) is 3.61. The van der Waals surface area contributed by atoms with Gasteiger partial charge in [-0.15, -0.1) is 0 Å². The van der Waals surface area contributed by atoms with Crippen molar-refractivity contribution in [1.82, 2.24) is 10.0 Å². The molecule has 3 amide bonds. The maximum atomic E-state index is 13.7. The molecule has 5 aliphatic rings. The van der Waals surface area contributed by atoms with Crippen LogP contribution >= 0.6 is 39.1 Å². The summed E-state index contributed by atoms with van der Waals surface area (Å²) in [6, 6.07) is 11.0. The van der Waals surface area contributed by atoms with Crippen molar-refractivity contribution in [3.63, 3.8) is 0 Å². The summed E-state index contributed by atoms with van der Waals surface area (Å²) < 4.78 is 0.797. The zero-order chi connectivity index (χ0) is 24.6. The van der Waals surface area contributed by atoms with E-state index in [2.05, 4.69) is 28.1 Å². The molecule has 1 heterocycles. The molecule has 6 atom stereocenters. The molecule has 35 heavy (non-hydrogen) atoms. The van der Waals surface area contributed by atoms with E-state index in [0.717, 1.165) is 20.9 Å². The fourth-order valence-corrected chi connectivity index (χ4v) is 6.83. The number of hydrogen-bond donors (Lipinski definition) is 0. The van der Waals surface area contributed by atoms with Crippen LogP contribution in [0.1, 0.15) is 27.1 Å². The van der Waals surface area contributed by atoms with Gasteiger partial charge in [-0.2, -0.15) is 5.01 Å². The summed E-state index contributed by atoms with van der Waals surface area (Å²) in [5.74, 6) is -2.13. The molecule has 6 nitrogen and oxygen atoms in total. The standard InChI is InChI=1S/C26H19BrCl2N2O4/c27-13-3-1-12(2-4-13)21(32)11-30(24(33)17-6-5-14(28)9-20(17)29)31-25(34)22-15-7-8-16(19-10-18(15)19)23(22)26(31)35/h1-9,15-16,18-19,22-23H,10-11H2/t15-,16-,18-,19+,22+,23+/m0/s1. The number of imide groups is 1. The van der Waals surface area contributed by atoms with Crippen LogP contribution in [0.3, 0.4) is 0 Å². The second kappa shape index (κ2) is 8.29. The Morgan fingerprint density at radius 2 is 1.54 bits per heavy atom. The highest BCUT2D eigenvalue weighted by atomic mass is 79.9. The number of carbonyl (C=O) groups is 4. The first-order valence-corrected chi connectivity index (χ1v) is 12.9. The monoisotopic (exact) mass is 572 g/mol. The maximum Gasteiger partial charge on any atom is 0.274 e. The van der Waals surface area contributed by atoms with Gasteiger partial charge in [-0.25, -0.2) is 5.01 Å². The number of ketones is 1. The van der Waals surface area contributed by atoms with Crippen molar-refractivity contribution in [2.45, 2.75) is 6.42 Å². The van der Waals surface area contributed by atoms with Crippen molar-refractivity contribution in [3.8, 4) is 0 Å². The number of nitrogens with zero attached hydrogens (tertiary/aromatic N) is 2. The Kier molecular flexibility index (Phi) is 5.43. The number of allylic oxidation sites excluding steroid dienone is 2. The van der Waals surface area contributed by atoms with Crippen molar-refractivity contribution in [2.75, 3.05) is 6.54 Å². The van der Waals surface area contributed by atoms with Crippen LogP contribution < -0.4 is 0 Å². The summed E-state index contributed by atoms with van der Waals surface area (Å²) >= 11 is 15.6. The maximum absolute atomic E-state index is 13.7. The lowest BCUT2D eigenvalue weighted by molar-refractivity contribution is -0.154. The van der Waals surface area contributed by atoms with Crippen LogP contribution in [0.2, 0.25) is 10.0 Å². The second-order valence-corrected chi connectivity index (χ2v) is 11.3. The van der Waals surface area contributed by atoms with Crippen LogP contribution in [0.4, 0.5) is 0 Å². The first-order chi connectivity index (χ1) is 16.8. The second-order valence-electron chi connectivity index (χ2n) is 9.56. The normalized spacial score (nSPS) is 29.7. The molecule has 4 aliphatic carbocycles. The van der Waals surface area contributed by atoms with E-state index in [-0.39, 0.29) is 22.4 Å². The summed E-state index contributed by atoms with van der Waals surface area (Å²) in [4.78, 5) is 54.3. The number of halogens is 3. The molecule has 2 bridgehead atoms. The van der Waals surface area contributed by atoms with Crippen molar-refractivity contribution >= 4 is 62.6 Å². The molecule has 2 aromatic carbocycles. The predicted octanol–water partition coefficient (Wildman–Crippen LogP) is 5.05. The largest absolute Gasteiger partial charge is 0.292 e. The average molecular weight is 574 g/mol. The van der Waals surface area contributed by atoms with E-state index in [0.29, 0.717) is 22.4 Å². The molecule has 0 radical (unpaired) electrons. The minimum absolute atomic E-state index is 0.00491.